The Balaban J connectivity index is 2.02. The number of hydrogen-bond donors (Lipinski definition) is 1. The molecule has 21 heavy (non-hydrogen) atoms. The molecule has 2 rings (SSSR count). The quantitative estimate of drug-likeness (QED) is 0.835. The molecule has 0 spiro atoms. The molecular formula is C17H24ClNO2. The van der Waals surface area contributed by atoms with Gasteiger partial charge in [0.1, 0.15) is 5.75 Å². The summed E-state index contributed by atoms with van der Waals surface area (Å²) in [4.78, 5) is 12.4. The molecule has 1 aliphatic carbocycles. The zero-order valence-corrected chi connectivity index (χ0v) is 13.5. The molecule has 1 saturated carbocycles. The molecular weight excluding hydrogens is 286 g/mol. The number of alkyl halides is 1. The van der Waals surface area contributed by atoms with Crippen LogP contribution in [0.2, 0.25) is 0 Å². The summed E-state index contributed by atoms with van der Waals surface area (Å²) in [6.45, 7) is 3.94. The monoisotopic (exact) mass is 309 g/mol. The molecule has 1 aliphatic rings. The SMILES string of the molecule is CC(C)Oc1cccc(C(=O)NC2CCCCC2CCl)c1. The standard InChI is InChI=1S/C17H24ClNO2/c1-12(2)21-15-8-5-7-13(10-15)17(20)19-16-9-4-3-6-14(16)11-18/h5,7-8,10,12,14,16H,3-4,6,9,11H2,1-2H3,(H,19,20). The molecule has 1 aromatic carbocycles. The molecule has 1 N–H and O–H groups in total. The molecule has 1 fully saturated rings. The Morgan fingerprint density at radius 3 is 2.86 bits per heavy atom. The maximum atomic E-state index is 12.4. The van der Waals surface area contributed by atoms with E-state index >= 15 is 0 Å². The Hall–Kier alpha value is -1.22. The second kappa shape index (κ2) is 7.69. The molecule has 1 aromatic rings. The number of rotatable bonds is 5. The van der Waals surface area contributed by atoms with Crippen LogP contribution in [0.5, 0.6) is 5.75 Å². The first kappa shape index (κ1) is 16.2. The highest BCUT2D eigenvalue weighted by molar-refractivity contribution is 6.18. The lowest BCUT2D eigenvalue weighted by atomic mass is 9.85. The maximum absolute atomic E-state index is 12.4. The molecule has 2 unspecified atom stereocenters. The van der Waals surface area contributed by atoms with Gasteiger partial charge in [-0.3, -0.25) is 4.79 Å². The zero-order chi connectivity index (χ0) is 15.2. The summed E-state index contributed by atoms with van der Waals surface area (Å²) in [5.41, 5.74) is 0.645. The van der Waals surface area contributed by atoms with Crippen LogP contribution in [0, 0.1) is 5.92 Å². The molecule has 0 bridgehead atoms. The minimum absolute atomic E-state index is 0.0359. The summed E-state index contributed by atoms with van der Waals surface area (Å²) in [5, 5.41) is 3.14. The summed E-state index contributed by atoms with van der Waals surface area (Å²) >= 11 is 6.02. The van der Waals surface area contributed by atoms with E-state index in [-0.39, 0.29) is 18.1 Å². The van der Waals surface area contributed by atoms with Crippen LogP contribution in [-0.4, -0.2) is 23.9 Å². The van der Waals surface area contributed by atoms with Crippen molar-refractivity contribution in [3.05, 3.63) is 29.8 Å². The van der Waals surface area contributed by atoms with E-state index in [1.165, 1.54) is 6.42 Å². The van der Waals surface area contributed by atoms with Gasteiger partial charge in [-0.25, -0.2) is 0 Å². The van der Waals surface area contributed by atoms with E-state index in [1.807, 2.05) is 32.0 Å². The molecule has 0 aliphatic heterocycles. The van der Waals surface area contributed by atoms with E-state index in [9.17, 15) is 4.79 Å². The molecule has 4 heteroatoms. The third-order valence-corrected chi connectivity index (χ3v) is 4.29. The topological polar surface area (TPSA) is 38.3 Å². The number of benzene rings is 1. The number of carbonyl (C=O) groups excluding carboxylic acids is 1. The predicted octanol–water partition coefficient (Wildman–Crippen LogP) is 4.00. The van der Waals surface area contributed by atoms with Gasteiger partial charge >= 0.3 is 0 Å². The van der Waals surface area contributed by atoms with Crippen molar-refractivity contribution in [3.8, 4) is 5.75 Å². The minimum Gasteiger partial charge on any atom is -0.491 e. The van der Waals surface area contributed by atoms with Gasteiger partial charge in [-0.1, -0.05) is 18.9 Å². The lowest BCUT2D eigenvalue weighted by molar-refractivity contribution is 0.0910. The Morgan fingerprint density at radius 2 is 2.14 bits per heavy atom. The lowest BCUT2D eigenvalue weighted by Gasteiger charge is -2.30. The van der Waals surface area contributed by atoms with Crippen molar-refractivity contribution in [2.45, 2.75) is 51.7 Å². The van der Waals surface area contributed by atoms with Crippen molar-refractivity contribution < 1.29 is 9.53 Å². The number of amides is 1. The molecule has 1 amide bonds. The highest BCUT2D eigenvalue weighted by Crippen LogP contribution is 2.26. The van der Waals surface area contributed by atoms with E-state index in [1.54, 1.807) is 6.07 Å². The largest absolute Gasteiger partial charge is 0.491 e. The van der Waals surface area contributed by atoms with E-state index in [2.05, 4.69) is 5.32 Å². The maximum Gasteiger partial charge on any atom is 0.251 e. The van der Waals surface area contributed by atoms with Gasteiger partial charge in [0.25, 0.3) is 5.91 Å². The van der Waals surface area contributed by atoms with Crippen LogP contribution in [0.4, 0.5) is 0 Å². The third-order valence-electron chi connectivity index (χ3n) is 3.89. The number of nitrogens with one attached hydrogen (secondary N) is 1. The summed E-state index contributed by atoms with van der Waals surface area (Å²) in [6, 6.07) is 7.54. The fourth-order valence-electron chi connectivity index (χ4n) is 2.82. The van der Waals surface area contributed by atoms with Gasteiger partial charge in [-0.2, -0.15) is 0 Å². The fraction of sp³-hybridized carbons (Fsp3) is 0.588. The summed E-state index contributed by atoms with van der Waals surface area (Å²) < 4.78 is 5.64. The molecule has 116 valence electrons. The first-order valence-corrected chi connectivity index (χ1v) is 8.27. The van der Waals surface area contributed by atoms with Crippen LogP contribution in [0.1, 0.15) is 49.9 Å². The van der Waals surface area contributed by atoms with Gasteiger partial charge in [0.2, 0.25) is 0 Å². The van der Waals surface area contributed by atoms with Gasteiger partial charge in [-0.15, -0.1) is 11.6 Å². The van der Waals surface area contributed by atoms with Crippen LogP contribution in [0.3, 0.4) is 0 Å². The fourth-order valence-corrected chi connectivity index (χ4v) is 3.19. The van der Waals surface area contributed by atoms with Gasteiger partial charge in [0, 0.05) is 17.5 Å². The van der Waals surface area contributed by atoms with Gasteiger partial charge in [0.15, 0.2) is 0 Å². The van der Waals surface area contributed by atoms with E-state index < -0.39 is 0 Å². The zero-order valence-electron chi connectivity index (χ0n) is 12.8. The van der Waals surface area contributed by atoms with E-state index in [0.29, 0.717) is 17.4 Å². The number of hydrogen-bond acceptors (Lipinski definition) is 2. The average molecular weight is 310 g/mol. The smallest absolute Gasteiger partial charge is 0.251 e. The van der Waals surface area contributed by atoms with Crippen LogP contribution in [-0.2, 0) is 0 Å². The number of halogens is 1. The lowest BCUT2D eigenvalue weighted by Crippen LogP contribution is -2.42. The third kappa shape index (κ3) is 4.63. The number of carbonyl (C=O) groups is 1. The Morgan fingerprint density at radius 1 is 1.38 bits per heavy atom. The van der Waals surface area contributed by atoms with Crippen molar-refractivity contribution >= 4 is 17.5 Å². The van der Waals surface area contributed by atoms with Crippen molar-refractivity contribution in [2.24, 2.45) is 5.92 Å². The van der Waals surface area contributed by atoms with Crippen molar-refractivity contribution in [2.75, 3.05) is 5.88 Å². The van der Waals surface area contributed by atoms with Crippen molar-refractivity contribution in [1.82, 2.24) is 5.32 Å². The van der Waals surface area contributed by atoms with Crippen LogP contribution in [0.15, 0.2) is 24.3 Å². The summed E-state index contributed by atoms with van der Waals surface area (Å²) in [5.74, 6) is 1.70. The summed E-state index contributed by atoms with van der Waals surface area (Å²) in [7, 11) is 0. The summed E-state index contributed by atoms with van der Waals surface area (Å²) in [6.07, 6.45) is 4.59. The Bertz CT molecular complexity index is 476. The van der Waals surface area contributed by atoms with E-state index in [0.717, 1.165) is 25.0 Å². The molecule has 0 heterocycles. The first-order valence-electron chi connectivity index (χ1n) is 7.73. The van der Waals surface area contributed by atoms with Gasteiger partial charge in [0.05, 0.1) is 6.10 Å². The molecule has 2 atom stereocenters. The highest BCUT2D eigenvalue weighted by atomic mass is 35.5. The Labute approximate surface area is 132 Å². The first-order chi connectivity index (χ1) is 10.1. The second-order valence-electron chi connectivity index (χ2n) is 5.97. The normalized spacial score (nSPS) is 22.1. The molecule has 3 nitrogen and oxygen atoms in total. The molecule has 0 saturated heterocycles. The van der Waals surface area contributed by atoms with Crippen LogP contribution in [0.25, 0.3) is 0 Å². The van der Waals surface area contributed by atoms with Crippen LogP contribution < -0.4 is 10.1 Å². The predicted molar refractivity (Wildman–Crippen MR) is 86.1 cm³/mol. The van der Waals surface area contributed by atoms with Gasteiger partial charge in [-0.05, 0) is 50.8 Å². The van der Waals surface area contributed by atoms with Crippen LogP contribution >= 0.6 is 11.6 Å². The molecule has 0 radical (unpaired) electrons. The van der Waals surface area contributed by atoms with E-state index in [4.69, 9.17) is 16.3 Å². The average Bonchev–Trinajstić information content (AvgIpc) is 2.47. The van der Waals surface area contributed by atoms with Crippen molar-refractivity contribution in [1.29, 1.82) is 0 Å². The molecule has 0 aromatic heterocycles. The second-order valence-corrected chi connectivity index (χ2v) is 6.28. The Kier molecular flexibility index (Phi) is 5.92. The number of ether oxygens (including phenoxy) is 1. The van der Waals surface area contributed by atoms with Gasteiger partial charge < -0.3 is 10.1 Å². The van der Waals surface area contributed by atoms with Crippen molar-refractivity contribution in [3.63, 3.8) is 0 Å². The highest BCUT2D eigenvalue weighted by Gasteiger charge is 2.26. The minimum atomic E-state index is -0.0359.